The lowest BCUT2D eigenvalue weighted by Gasteiger charge is -2.35. The molecule has 3 aliphatic rings. The quantitative estimate of drug-likeness (QED) is 0.780. The molecule has 0 atom stereocenters. The summed E-state index contributed by atoms with van der Waals surface area (Å²) in [6.07, 6.45) is 14.0. The van der Waals surface area contributed by atoms with Gasteiger partial charge in [-0.2, -0.15) is 4.98 Å². The number of rotatable bonds is 4. The molecule has 0 aromatic carbocycles. The second-order valence-corrected chi connectivity index (χ2v) is 8.60. The number of hydrogen-bond acceptors (Lipinski definition) is 5. The van der Waals surface area contributed by atoms with Crippen molar-refractivity contribution in [1.82, 2.24) is 9.97 Å². The van der Waals surface area contributed by atoms with Crippen molar-refractivity contribution in [2.24, 2.45) is 17.6 Å². The average Bonchev–Trinajstić information content (AvgIpc) is 3.10. The van der Waals surface area contributed by atoms with Crippen LogP contribution < -0.4 is 16.8 Å². The van der Waals surface area contributed by atoms with Gasteiger partial charge < -0.3 is 16.8 Å². The fourth-order valence-electron chi connectivity index (χ4n) is 5.50. The molecule has 25 heavy (non-hydrogen) atoms. The van der Waals surface area contributed by atoms with Crippen molar-refractivity contribution in [2.75, 3.05) is 24.1 Å². The van der Waals surface area contributed by atoms with E-state index >= 15 is 0 Å². The number of fused-ring (bicyclic) bond motifs is 2. The topological polar surface area (TPSA) is 89.8 Å². The lowest BCUT2D eigenvalue weighted by molar-refractivity contribution is 0.289. The largest absolute Gasteiger partial charge is 0.369 e. The third-order valence-corrected chi connectivity index (χ3v) is 7.03. The number of nitrogen functional groups attached to an aromatic ring is 1. The molecule has 0 unspecified atom stereocenters. The van der Waals surface area contributed by atoms with Gasteiger partial charge in [-0.25, -0.2) is 4.98 Å². The van der Waals surface area contributed by atoms with Crippen molar-refractivity contribution in [3.63, 3.8) is 0 Å². The highest BCUT2D eigenvalue weighted by Gasteiger charge is 2.41. The van der Waals surface area contributed by atoms with Crippen LogP contribution in [-0.4, -0.2) is 23.1 Å². The number of anilines is 2. The zero-order valence-corrected chi connectivity index (χ0v) is 15.4. The first kappa shape index (κ1) is 17.1. The smallest absolute Gasteiger partial charge is 0.222 e. The van der Waals surface area contributed by atoms with Gasteiger partial charge in [0.25, 0.3) is 0 Å². The Hall–Kier alpha value is -1.36. The number of nitrogens with zero attached hydrogens (tertiary/aromatic N) is 2. The Balaban J connectivity index is 1.50. The molecular formula is C20H33N5. The van der Waals surface area contributed by atoms with Gasteiger partial charge in [0.15, 0.2) is 0 Å². The normalized spacial score (nSPS) is 28.0. The van der Waals surface area contributed by atoms with Gasteiger partial charge in [-0.15, -0.1) is 0 Å². The van der Waals surface area contributed by atoms with Crippen molar-refractivity contribution in [3.05, 3.63) is 11.3 Å². The molecule has 4 rings (SSSR count). The van der Waals surface area contributed by atoms with Gasteiger partial charge in [0.05, 0.1) is 5.69 Å². The van der Waals surface area contributed by atoms with Crippen molar-refractivity contribution in [3.8, 4) is 0 Å². The standard InChI is InChI=1S/C20H33N5/c21-12-14-5-7-15(8-6-14)13-23-18-16-4-3-11-20(9-1-2-10-20)17(16)24-19(22)25-18/h14-15H,1-13,21H2,(H3,22,23,24,25). The molecule has 3 aliphatic carbocycles. The first-order valence-corrected chi connectivity index (χ1v) is 10.3. The predicted molar refractivity (Wildman–Crippen MR) is 103 cm³/mol. The second-order valence-electron chi connectivity index (χ2n) is 8.60. The molecule has 1 aromatic heterocycles. The third kappa shape index (κ3) is 3.35. The summed E-state index contributed by atoms with van der Waals surface area (Å²) in [7, 11) is 0. The molecule has 5 heteroatoms. The van der Waals surface area contributed by atoms with Gasteiger partial charge >= 0.3 is 0 Å². The summed E-state index contributed by atoms with van der Waals surface area (Å²) in [6.45, 7) is 1.85. The van der Waals surface area contributed by atoms with E-state index in [2.05, 4.69) is 10.3 Å². The summed E-state index contributed by atoms with van der Waals surface area (Å²) >= 11 is 0. The molecule has 0 bridgehead atoms. The van der Waals surface area contributed by atoms with Crippen LogP contribution >= 0.6 is 0 Å². The van der Waals surface area contributed by atoms with Crippen LogP contribution in [0.4, 0.5) is 11.8 Å². The van der Waals surface area contributed by atoms with Gasteiger partial charge in [-0.3, -0.25) is 0 Å². The van der Waals surface area contributed by atoms with E-state index in [-0.39, 0.29) is 0 Å². The third-order valence-electron chi connectivity index (χ3n) is 7.03. The molecule has 138 valence electrons. The second kappa shape index (κ2) is 7.10. The molecule has 0 saturated heterocycles. The molecule has 2 fully saturated rings. The molecule has 5 N–H and O–H groups in total. The fourth-order valence-corrected chi connectivity index (χ4v) is 5.50. The Morgan fingerprint density at radius 1 is 0.960 bits per heavy atom. The number of nitrogens with one attached hydrogen (secondary N) is 1. The van der Waals surface area contributed by atoms with Gasteiger partial charge in [-0.05, 0) is 76.2 Å². The van der Waals surface area contributed by atoms with Crippen LogP contribution in [0.25, 0.3) is 0 Å². The van der Waals surface area contributed by atoms with Gasteiger partial charge in [0.2, 0.25) is 5.95 Å². The van der Waals surface area contributed by atoms with Crippen molar-refractivity contribution < 1.29 is 0 Å². The first-order valence-electron chi connectivity index (χ1n) is 10.3. The minimum Gasteiger partial charge on any atom is -0.369 e. The highest BCUT2D eigenvalue weighted by molar-refractivity contribution is 5.53. The summed E-state index contributed by atoms with van der Waals surface area (Å²) in [5.74, 6) is 2.94. The number of hydrogen-bond donors (Lipinski definition) is 3. The first-order chi connectivity index (χ1) is 12.2. The van der Waals surface area contributed by atoms with Crippen molar-refractivity contribution in [1.29, 1.82) is 0 Å². The Labute approximate surface area is 151 Å². The Bertz CT molecular complexity index is 600. The van der Waals surface area contributed by atoms with E-state index in [0.717, 1.165) is 37.2 Å². The van der Waals surface area contributed by atoms with Crippen molar-refractivity contribution >= 4 is 11.8 Å². The molecule has 1 spiro atoms. The van der Waals surface area contributed by atoms with E-state index in [4.69, 9.17) is 16.5 Å². The molecule has 1 aromatic rings. The molecule has 1 heterocycles. The Morgan fingerprint density at radius 2 is 1.64 bits per heavy atom. The lowest BCUT2D eigenvalue weighted by atomic mass is 9.71. The molecule has 5 nitrogen and oxygen atoms in total. The Morgan fingerprint density at radius 3 is 2.36 bits per heavy atom. The maximum atomic E-state index is 6.10. The van der Waals surface area contributed by atoms with Gasteiger partial charge in [0.1, 0.15) is 5.82 Å². The maximum absolute atomic E-state index is 6.10. The van der Waals surface area contributed by atoms with E-state index in [9.17, 15) is 0 Å². The van der Waals surface area contributed by atoms with Crippen LogP contribution in [0.3, 0.4) is 0 Å². The minimum absolute atomic E-state index is 0.292. The Kier molecular flexibility index (Phi) is 4.85. The number of nitrogens with two attached hydrogens (primary N) is 2. The highest BCUT2D eigenvalue weighted by Crippen LogP contribution is 2.49. The van der Waals surface area contributed by atoms with Crippen LogP contribution in [0.5, 0.6) is 0 Å². The molecular weight excluding hydrogens is 310 g/mol. The van der Waals surface area contributed by atoms with E-state index in [1.165, 1.54) is 75.5 Å². The van der Waals surface area contributed by atoms with Crippen LogP contribution in [-0.2, 0) is 11.8 Å². The van der Waals surface area contributed by atoms with Crippen molar-refractivity contribution in [2.45, 2.75) is 76.0 Å². The highest BCUT2D eigenvalue weighted by atomic mass is 15.1. The van der Waals surface area contributed by atoms with Crippen LogP contribution in [0, 0.1) is 11.8 Å². The summed E-state index contributed by atoms with van der Waals surface area (Å²) < 4.78 is 0. The average molecular weight is 344 g/mol. The zero-order valence-electron chi connectivity index (χ0n) is 15.4. The summed E-state index contributed by atoms with van der Waals surface area (Å²) in [4.78, 5) is 9.33. The SMILES string of the molecule is NCC1CCC(CNc2nc(N)nc3c2CCCC32CCCC2)CC1. The number of aromatic nitrogens is 2. The van der Waals surface area contributed by atoms with E-state index in [1.807, 2.05) is 0 Å². The minimum atomic E-state index is 0.292. The van der Waals surface area contributed by atoms with Gasteiger partial charge in [-0.1, -0.05) is 12.8 Å². The molecule has 0 aliphatic heterocycles. The van der Waals surface area contributed by atoms with Gasteiger partial charge in [0, 0.05) is 17.5 Å². The summed E-state index contributed by atoms with van der Waals surface area (Å²) in [5.41, 5.74) is 14.8. The molecule has 0 amide bonds. The lowest BCUT2D eigenvalue weighted by Crippen LogP contribution is -2.31. The van der Waals surface area contributed by atoms with E-state index in [1.54, 1.807) is 0 Å². The monoisotopic (exact) mass is 343 g/mol. The van der Waals surface area contributed by atoms with Crippen LogP contribution in [0.2, 0.25) is 0 Å². The maximum Gasteiger partial charge on any atom is 0.222 e. The fraction of sp³-hybridized carbons (Fsp3) is 0.800. The molecule has 2 saturated carbocycles. The van der Waals surface area contributed by atoms with Crippen LogP contribution in [0.15, 0.2) is 0 Å². The zero-order chi connectivity index (χ0) is 17.3. The molecule has 0 radical (unpaired) electrons. The summed E-state index contributed by atoms with van der Waals surface area (Å²) in [5, 5.41) is 3.66. The van der Waals surface area contributed by atoms with E-state index < -0.39 is 0 Å². The predicted octanol–water partition coefficient (Wildman–Crippen LogP) is 3.38. The van der Waals surface area contributed by atoms with Crippen LogP contribution in [0.1, 0.15) is 75.5 Å². The van der Waals surface area contributed by atoms with E-state index in [0.29, 0.717) is 11.4 Å². The summed E-state index contributed by atoms with van der Waals surface area (Å²) in [6, 6.07) is 0.